The van der Waals surface area contributed by atoms with Gasteiger partial charge in [-0.2, -0.15) is 5.10 Å². The molecule has 164 valence electrons. The Balaban J connectivity index is 1.50. The normalized spacial score (nSPS) is 10.8. The molecule has 0 aliphatic carbocycles. The summed E-state index contributed by atoms with van der Waals surface area (Å²) < 4.78 is 19.3. The highest BCUT2D eigenvalue weighted by molar-refractivity contribution is 6.39. The van der Waals surface area contributed by atoms with E-state index in [1.807, 2.05) is 66.7 Å². The topological polar surface area (TPSA) is 79.8 Å². The summed E-state index contributed by atoms with van der Waals surface area (Å²) in [4.78, 5) is 24.2. The van der Waals surface area contributed by atoms with Crippen molar-refractivity contribution in [2.24, 2.45) is 5.10 Å². The van der Waals surface area contributed by atoms with Crippen molar-refractivity contribution in [1.29, 1.82) is 0 Å². The monoisotopic (exact) mass is 441 g/mol. The summed E-state index contributed by atoms with van der Waals surface area (Å²) in [7, 11) is 0. The van der Waals surface area contributed by atoms with E-state index in [0.717, 1.165) is 22.4 Å². The molecule has 0 aliphatic heterocycles. The van der Waals surface area contributed by atoms with Crippen LogP contribution < -0.4 is 15.5 Å². The molecule has 0 fully saturated rings. The minimum absolute atomic E-state index is 0.171. The Kier molecular flexibility index (Phi) is 6.70. The molecule has 4 rings (SSSR count). The molecule has 0 spiro atoms. The Morgan fingerprint density at radius 1 is 0.879 bits per heavy atom. The summed E-state index contributed by atoms with van der Waals surface area (Å²) in [6.07, 6.45) is 1.44. The van der Waals surface area contributed by atoms with Gasteiger partial charge in [0, 0.05) is 11.3 Å². The average Bonchev–Trinajstić information content (AvgIpc) is 2.84. The van der Waals surface area contributed by atoms with Gasteiger partial charge in [-0.3, -0.25) is 9.59 Å². The van der Waals surface area contributed by atoms with Crippen molar-refractivity contribution >= 4 is 34.5 Å². The number of nitrogens with zero attached hydrogens (tertiary/aromatic N) is 1. The number of amides is 2. The Hall–Kier alpha value is -4.52. The maximum atomic E-state index is 13.3. The van der Waals surface area contributed by atoms with Gasteiger partial charge in [0.2, 0.25) is 0 Å². The minimum atomic E-state index is -0.984. The molecule has 0 radical (unpaired) electrons. The summed E-state index contributed by atoms with van der Waals surface area (Å²) in [6.45, 7) is 0.364. The van der Waals surface area contributed by atoms with Gasteiger partial charge in [0.15, 0.2) is 0 Å². The van der Waals surface area contributed by atoms with E-state index in [0.29, 0.717) is 17.9 Å². The number of hydrogen-bond acceptors (Lipinski definition) is 4. The van der Waals surface area contributed by atoms with Gasteiger partial charge in [-0.15, -0.1) is 0 Å². The van der Waals surface area contributed by atoms with Crippen LogP contribution in [0.15, 0.2) is 96.1 Å². The highest BCUT2D eigenvalue weighted by Gasteiger charge is 2.14. The SMILES string of the molecule is O=C(N/N=C\c1c(OCc2ccccc2)ccc2ccccc12)C(=O)Nc1cccc(F)c1. The van der Waals surface area contributed by atoms with Crippen molar-refractivity contribution < 1.29 is 18.7 Å². The van der Waals surface area contributed by atoms with Crippen molar-refractivity contribution in [2.45, 2.75) is 6.61 Å². The fourth-order valence-corrected chi connectivity index (χ4v) is 3.23. The van der Waals surface area contributed by atoms with Gasteiger partial charge in [-0.05, 0) is 40.6 Å². The number of halogens is 1. The summed E-state index contributed by atoms with van der Waals surface area (Å²) in [5, 5.41) is 8.12. The van der Waals surface area contributed by atoms with E-state index < -0.39 is 17.6 Å². The van der Waals surface area contributed by atoms with Crippen LogP contribution in [0.25, 0.3) is 10.8 Å². The van der Waals surface area contributed by atoms with Crippen LogP contribution in [0.2, 0.25) is 0 Å². The first-order valence-corrected chi connectivity index (χ1v) is 10.2. The number of benzene rings is 4. The summed E-state index contributed by atoms with van der Waals surface area (Å²) >= 11 is 0. The zero-order chi connectivity index (χ0) is 23.0. The maximum Gasteiger partial charge on any atom is 0.329 e. The lowest BCUT2D eigenvalue weighted by molar-refractivity contribution is -0.136. The van der Waals surface area contributed by atoms with E-state index >= 15 is 0 Å². The molecule has 0 bridgehead atoms. The third kappa shape index (κ3) is 5.59. The lowest BCUT2D eigenvalue weighted by atomic mass is 10.0. The fourth-order valence-electron chi connectivity index (χ4n) is 3.23. The van der Waals surface area contributed by atoms with E-state index in [2.05, 4.69) is 15.8 Å². The molecule has 4 aromatic rings. The number of nitrogens with one attached hydrogen (secondary N) is 2. The number of rotatable bonds is 6. The largest absolute Gasteiger partial charge is 0.488 e. The predicted octanol–water partition coefficient (Wildman–Crippen LogP) is 4.65. The van der Waals surface area contributed by atoms with Crippen LogP contribution in [0.5, 0.6) is 5.75 Å². The van der Waals surface area contributed by atoms with Crippen molar-refractivity contribution in [3.8, 4) is 5.75 Å². The van der Waals surface area contributed by atoms with Gasteiger partial charge in [0.25, 0.3) is 0 Å². The van der Waals surface area contributed by atoms with Crippen LogP contribution in [0, 0.1) is 5.82 Å². The van der Waals surface area contributed by atoms with Gasteiger partial charge >= 0.3 is 11.8 Å². The fraction of sp³-hybridized carbons (Fsp3) is 0.0385. The molecule has 2 amide bonds. The van der Waals surface area contributed by atoms with Crippen LogP contribution >= 0.6 is 0 Å². The summed E-state index contributed by atoms with van der Waals surface area (Å²) in [6, 6.07) is 26.5. The van der Waals surface area contributed by atoms with Gasteiger partial charge < -0.3 is 10.1 Å². The number of hydrogen-bond donors (Lipinski definition) is 2. The van der Waals surface area contributed by atoms with E-state index in [9.17, 15) is 14.0 Å². The Bertz CT molecular complexity index is 1320. The minimum Gasteiger partial charge on any atom is -0.488 e. The van der Waals surface area contributed by atoms with Crippen molar-refractivity contribution in [3.05, 3.63) is 108 Å². The number of hydrazone groups is 1. The van der Waals surface area contributed by atoms with Gasteiger partial charge in [-0.1, -0.05) is 66.7 Å². The second-order valence-corrected chi connectivity index (χ2v) is 7.14. The molecule has 0 heterocycles. The molecule has 2 N–H and O–H groups in total. The second-order valence-electron chi connectivity index (χ2n) is 7.14. The molecule has 0 aliphatic rings. The Labute approximate surface area is 189 Å². The first-order valence-electron chi connectivity index (χ1n) is 10.2. The third-order valence-corrected chi connectivity index (χ3v) is 4.82. The number of fused-ring (bicyclic) bond motifs is 1. The average molecular weight is 441 g/mol. The number of carbonyl (C=O) groups excluding carboxylic acids is 2. The number of ether oxygens (including phenoxy) is 1. The van der Waals surface area contributed by atoms with E-state index in [1.165, 1.54) is 24.4 Å². The van der Waals surface area contributed by atoms with Crippen LogP contribution in [0.4, 0.5) is 10.1 Å². The van der Waals surface area contributed by atoms with Crippen molar-refractivity contribution in [2.75, 3.05) is 5.32 Å². The zero-order valence-electron chi connectivity index (χ0n) is 17.5. The Morgan fingerprint density at radius 3 is 2.48 bits per heavy atom. The highest BCUT2D eigenvalue weighted by atomic mass is 19.1. The third-order valence-electron chi connectivity index (χ3n) is 4.82. The van der Waals surface area contributed by atoms with E-state index in [-0.39, 0.29) is 5.69 Å². The van der Waals surface area contributed by atoms with Crippen LogP contribution in [-0.2, 0) is 16.2 Å². The van der Waals surface area contributed by atoms with E-state index in [4.69, 9.17) is 4.74 Å². The molecule has 4 aromatic carbocycles. The zero-order valence-corrected chi connectivity index (χ0v) is 17.5. The molecule has 0 aromatic heterocycles. The first kappa shape index (κ1) is 21.7. The standard InChI is InChI=1S/C26H20FN3O3/c27-20-10-6-11-21(15-20)29-25(31)26(32)30-28-16-23-22-12-5-4-9-19(22)13-14-24(23)33-17-18-7-2-1-3-8-18/h1-16H,17H2,(H,29,31)(H,30,32)/b28-16-. The number of anilines is 1. The maximum absolute atomic E-state index is 13.3. The van der Waals surface area contributed by atoms with Crippen molar-refractivity contribution in [3.63, 3.8) is 0 Å². The van der Waals surface area contributed by atoms with Crippen LogP contribution in [-0.4, -0.2) is 18.0 Å². The Morgan fingerprint density at radius 2 is 1.67 bits per heavy atom. The lowest BCUT2D eigenvalue weighted by Gasteiger charge is -2.12. The molecule has 0 saturated heterocycles. The number of carbonyl (C=O) groups is 2. The molecular weight excluding hydrogens is 421 g/mol. The summed E-state index contributed by atoms with van der Waals surface area (Å²) in [5.74, 6) is -1.89. The molecule has 0 saturated carbocycles. The molecule has 0 unspecified atom stereocenters. The van der Waals surface area contributed by atoms with E-state index in [1.54, 1.807) is 0 Å². The molecule has 6 nitrogen and oxygen atoms in total. The molecule has 33 heavy (non-hydrogen) atoms. The van der Waals surface area contributed by atoms with Crippen molar-refractivity contribution in [1.82, 2.24) is 5.43 Å². The van der Waals surface area contributed by atoms with Crippen LogP contribution in [0.3, 0.4) is 0 Å². The predicted molar refractivity (Wildman–Crippen MR) is 125 cm³/mol. The summed E-state index contributed by atoms with van der Waals surface area (Å²) in [5.41, 5.74) is 4.04. The smallest absolute Gasteiger partial charge is 0.329 e. The molecule has 7 heteroatoms. The van der Waals surface area contributed by atoms with Gasteiger partial charge in [0.05, 0.1) is 6.21 Å². The van der Waals surface area contributed by atoms with Gasteiger partial charge in [-0.25, -0.2) is 9.82 Å². The lowest BCUT2D eigenvalue weighted by Crippen LogP contribution is -2.32. The van der Waals surface area contributed by atoms with Gasteiger partial charge in [0.1, 0.15) is 18.2 Å². The molecule has 0 atom stereocenters. The second kappa shape index (κ2) is 10.2. The highest BCUT2D eigenvalue weighted by Crippen LogP contribution is 2.27. The van der Waals surface area contributed by atoms with Crippen LogP contribution in [0.1, 0.15) is 11.1 Å². The quantitative estimate of drug-likeness (QED) is 0.260. The first-order chi connectivity index (χ1) is 16.1. The molecular formula is C26H20FN3O3.